The van der Waals surface area contributed by atoms with Gasteiger partial charge in [-0.25, -0.2) is 4.79 Å². The number of ether oxygens (including phenoxy) is 1. The topological polar surface area (TPSA) is 159 Å². The Hall–Kier alpha value is -3.85. The highest BCUT2D eigenvalue weighted by atomic mass is 32.2. The summed E-state index contributed by atoms with van der Waals surface area (Å²) in [6.07, 6.45) is -0.817. The van der Waals surface area contributed by atoms with Gasteiger partial charge < -0.3 is 19.6 Å². The zero-order chi connectivity index (χ0) is 27.8. The molecule has 10 nitrogen and oxygen atoms in total. The van der Waals surface area contributed by atoms with Gasteiger partial charge in [0, 0.05) is 39.7 Å². The van der Waals surface area contributed by atoms with Crippen molar-refractivity contribution in [3.8, 4) is 6.07 Å². The molecule has 38 heavy (non-hydrogen) atoms. The first-order valence-electron chi connectivity index (χ1n) is 12.0. The van der Waals surface area contributed by atoms with Gasteiger partial charge in [-0.3, -0.25) is 9.59 Å². The minimum atomic E-state index is -1.88. The van der Waals surface area contributed by atoms with Crippen LogP contribution in [0, 0.1) is 11.3 Å². The van der Waals surface area contributed by atoms with Gasteiger partial charge in [-0.15, -0.1) is 9.44 Å². The number of nitriles is 1. The number of fused-ring (bicyclic) bond motifs is 4. The number of benzene rings is 2. The molecule has 0 radical (unpaired) electrons. The maximum absolute atomic E-state index is 13.5. The Morgan fingerprint density at radius 3 is 2.58 bits per heavy atom. The Kier molecular flexibility index (Phi) is 7.25. The summed E-state index contributed by atoms with van der Waals surface area (Å²) >= 11 is -1.88. The number of hydrogen-bond acceptors (Lipinski definition) is 7. The lowest BCUT2D eigenvalue weighted by Crippen LogP contribution is -2.45. The molecule has 0 saturated carbocycles. The molecule has 0 saturated heterocycles. The second kappa shape index (κ2) is 10.1. The smallest absolute Gasteiger partial charge is 0.451 e. The number of carbonyl (C=O) groups excluding carboxylic acids is 3. The molecule has 0 bridgehead atoms. The van der Waals surface area contributed by atoms with Crippen LogP contribution in [0.5, 0.6) is 0 Å². The van der Waals surface area contributed by atoms with E-state index in [1.165, 1.54) is 0 Å². The third-order valence-corrected chi connectivity index (χ3v) is 7.02. The molecule has 0 spiro atoms. The van der Waals surface area contributed by atoms with Crippen LogP contribution >= 0.6 is 0 Å². The molecule has 1 heterocycles. The van der Waals surface area contributed by atoms with Gasteiger partial charge in [0.25, 0.3) is 5.91 Å². The molecule has 0 fully saturated rings. The van der Waals surface area contributed by atoms with Crippen molar-refractivity contribution in [2.45, 2.75) is 45.6 Å². The molecule has 1 atom stereocenters. The fraction of sp³-hybridized carbons (Fsp3) is 0.333. The molecule has 198 valence electrons. The summed E-state index contributed by atoms with van der Waals surface area (Å²) in [6, 6.07) is 12.3. The van der Waals surface area contributed by atoms with E-state index in [0.29, 0.717) is 27.8 Å². The normalized spacial score (nSPS) is 14.7. The highest BCUT2D eigenvalue weighted by Crippen LogP contribution is 2.44. The second-order valence-electron chi connectivity index (χ2n) is 10.5. The SMILES string of the molecule is CC(C)(C)OC(=O)N[S+]([O-])NCCNC(=O)c1ccc2c(c1)C(C)(C)c1[nH]c3cc(C#N)ccc3c1C2=O. The van der Waals surface area contributed by atoms with E-state index in [9.17, 15) is 24.2 Å². The Morgan fingerprint density at radius 2 is 1.89 bits per heavy atom. The molecule has 3 aromatic rings. The molecule has 4 N–H and O–H groups in total. The molecule has 0 aliphatic heterocycles. The molecule has 2 amide bonds. The predicted molar refractivity (Wildman–Crippen MR) is 143 cm³/mol. The van der Waals surface area contributed by atoms with E-state index in [-0.39, 0.29) is 24.8 Å². The molecule has 1 aromatic heterocycles. The molecular formula is C27H29N5O5S. The molecule has 2 aromatic carbocycles. The third-order valence-electron chi connectivity index (χ3n) is 6.20. The predicted octanol–water partition coefficient (Wildman–Crippen LogP) is 3.33. The average Bonchev–Trinajstić information content (AvgIpc) is 3.23. The Labute approximate surface area is 223 Å². The van der Waals surface area contributed by atoms with Crippen LogP contribution in [-0.2, 0) is 21.7 Å². The lowest BCUT2D eigenvalue weighted by atomic mass is 9.71. The molecular weight excluding hydrogens is 506 g/mol. The number of aromatic amines is 1. The van der Waals surface area contributed by atoms with Gasteiger partial charge in [0.1, 0.15) is 5.60 Å². The largest absolute Gasteiger partial charge is 0.573 e. The molecule has 11 heteroatoms. The van der Waals surface area contributed by atoms with Crippen LogP contribution in [0.1, 0.15) is 77.7 Å². The minimum Gasteiger partial charge on any atom is -0.573 e. The number of amides is 2. The Bertz CT molecular complexity index is 1480. The van der Waals surface area contributed by atoms with Gasteiger partial charge in [0.15, 0.2) is 17.3 Å². The Morgan fingerprint density at radius 1 is 1.16 bits per heavy atom. The molecule has 1 aliphatic rings. The zero-order valence-electron chi connectivity index (χ0n) is 21.8. The quantitative estimate of drug-likeness (QED) is 0.278. The van der Waals surface area contributed by atoms with Crippen molar-refractivity contribution < 1.29 is 23.7 Å². The van der Waals surface area contributed by atoms with Crippen LogP contribution in [0.25, 0.3) is 10.9 Å². The highest BCUT2D eigenvalue weighted by Gasteiger charge is 2.40. The number of ketones is 1. The van der Waals surface area contributed by atoms with E-state index in [1.807, 2.05) is 13.8 Å². The number of nitrogens with one attached hydrogen (secondary N) is 4. The molecule has 1 aliphatic carbocycles. The lowest BCUT2D eigenvalue weighted by Gasteiger charge is -2.32. The maximum atomic E-state index is 13.5. The highest BCUT2D eigenvalue weighted by molar-refractivity contribution is 7.88. The van der Waals surface area contributed by atoms with Crippen molar-refractivity contribution in [1.29, 1.82) is 5.26 Å². The van der Waals surface area contributed by atoms with Gasteiger partial charge in [-0.2, -0.15) is 5.26 Å². The van der Waals surface area contributed by atoms with E-state index in [4.69, 9.17) is 4.74 Å². The lowest BCUT2D eigenvalue weighted by molar-refractivity contribution is 0.0569. The van der Waals surface area contributed by atoms with Gasteiger partial charge in [-0.1, -0.05) is 19.9 Å². The van der Waals surface area contributed by atoms with Gasteiger partial charge in [0.2, 0.25) is 0 Å². The van der Waals surface area contributed by atoms with E-state index in [2.05, 4.69) is 25.8 Å². The average molecular weight is 536 g/mol. The van der Waals surface area contributed by atoms with E-state index >= 15 is 0 Å². The van der Waals surface area contributed by atoms with E-state index < -0.39 is 28.7 Å². The summed E-state index contributed by atoms with van der Waals surface area (Å²) in [5, 5.41) is 12.7. The number of rotatable bonds is 6. The maximum Gasteiger partial charge on any atom is 0.451 e. The minimum absolute atomic E-state index is 0.131. The summed E-state index contributed by atoms with van der Waals surface area (Å²) in [6.45, 7) is 9.33. The summed E-state index contributed by atoms with van der Waals surface area (Å²) in [4.78, 5) is 41.3. The number of carbonyl (C=O) groups is 3. The molecule has 4 rings (SSSR count). The van der Waals surface area contributed by atoms with Crippen LogP contribution in [0.4, 0.5) is 4.79 Å². The zero-order valence-corrected chi connectivity index (χ0v) is 22.6. The van der Waals surface area contributed by atoms with Crippen LogP contribution < -0.4 is 14.8 Å². The Balaban J connectivity index is 1.44. The van der Waals surface area contributed by atoms with Crippen LogP contribution in [0.3, 0.4) is 0 Å². The first kappa shape index (κ1) is 27.2. The number of nitrogens with zero attached hydrogens (tertiary/aromatic N) is 1. The second-order valence-corrected chi connectivity index (χ2v) is 11.5. The third kappa shape index (κ3) is 5.38. The summed E-state index contributed by atoms with van der Waals surface area (Å²) in [7, 11) is 0. The van der Waals surface area contributed by atoms with Gasteiger partial charge in [-0.05, 0) is 56.7 Å². The van der Waals surface area contributed by atoms with E-state index in [1.54, 1.807) is 57.2 Å². The van der Waals surface area contributed by atoms with Crippen molar-refractivity contribution in [3.05, 3.63) is 69.9 Å². The van der Waals surface area contributed by atoms with Gasteiger partial charge in [0.05, 0.1) is 23.7 Å². The monoisotopic (exact) mass is 535 g/mol. The fourth-order valence-corrected chi connectivity index (χ4v) is 5.03. The van der Waals surface area contributed by atoms with Crippen molar-refractivity contribution in [2.24, 2.45) is 0 Å². The van der Waals surface area contributed by atoms with Crippen molar-refractivity contribution in [1.82, 2.24) is 19.7 Å². The van der Waals surface area contributed by atoms with Gasteiger partial charge >= 0.3 is 6.09 Å². The first-order valence-corrected chi connectivity index (χ1v) is 13.2. The summed E-state index contributed by atoms with van der Waals surface area (Å²) < 4.78 is 21.7. The number of H-pyrrole nitrogens is 1. The van der Waals surface area contributed by atoms with Crippen LogP contribution in [-0.4, -0.2) is 46.0 Å². The van der Waals surface area contributed by atoms with Crippen molar-refractivity contribution >= 4 is 40.2 Å². The van der Waals surface area contributed by atoms with Crippen molar-refractivity contribution in [2.75, 3.05) is 13.1 Å². The van der Waals surface area contributed by atoms with Crippen LogP contribution in [0.2, 0.25) is 0 Å². The number of hydrogen-bond donors (Lipinski definition) is 4. The number of aromatic nitrogens is 1. The summed E-state index contributed by atoms with van der Waals surface area (Å²) in [5.74, 6) is -0.494. The molecule has 1 unspecified atom stereocenters. The van der Waals surface area contributed by atoms with Crippen molar-refractivity contribution in [3.63, 3.8) is 0 Å². The first-order chi connectivity index (χ1) is 17.8. The van der Waals surface area contributed by atoms with Crippen LogP contribution in [0.15, 0.2) is 36.4 Å². The van der Waals surface area contributed by atoms with E-state index in [0.717, 1.165) is 16.6 Å². The fourth-order valence-electron chi connectivity index (χ4n) is 4.47. The standard InChI is InChI=1S/C27H29N5O5S/c1-26(2,3)37-25(35)32-38(36)30-11-10-29-24(34)16-7-9-17-19(13-16)27(4,5)23-21(22(17)33)18-8-6-15(14-28)12-20(18)31-23/h6-9,12-13,30-31H,10-11H2,1-5H3,(H,29,34)(H,32,35). The summed E-state index contributed by atoms with van der Waals surface area (Å²) in [5.41, 5.74) is 2.83.